The van der Waals surface area contributed by atoms with E-state index in [1.54, 1.807) is 12.1 Å². The summed E-state index contributed by atoms with van der Waals surface area (Å²) in [6, 6.07) is 5.46. The van der Waals surface area contributed by atoms with Crippen LogP contribution >= 0.6 is 0 Å². The van der Waals surface area contributed by atoms with E-state index in [1.165, 1.54) is 13.3 Å². The Morgan fingerprint density at radius 2 is 2.00 bits per heavy atom. The van der Waals surface area contributed by atoms with Crippen LogP contribution in [0.4, 0.5) is 5.69 Å². The molecule has 0 radical (unpaired) electrons. The minimum absolute atomic E-state index is 0.489. The highest BCUT2D eigenvalue weighted by molar-refractivity contribution is 5.84. The van der Waals surface area contributed by atoms with Crippen molar-refractivity contribution in [3.8, 4) is 0 Å². The Kier molecular flexibility index (Phi) is 5.50. The third kappa shape index (κ3) is 3.23. The van der Waals surface area contributed by atoms with E-state index in [9.17, 15) is 0 Å². The van der Waals surface area contributed by atoms with Crippen LogP contribution in [0.25, 0.3) is 0 Å². The zero-order valence-electron chi connectivity index (χ0n) is 7.75. The molecule has 0 aliphatic heterocycles. The van der Waals surface area contributed by atoms with E-state index in [-0.39, 0.29) is 0 Å². The molecule has 1 rings (SSSR count). The molecule has 0 aliphatic rings. The molecule has 0 amide bonds. The molecule has 0 bridgehead atoms. The minimum atomic E-state index is 0.489. The summed E-state index contributed by atoms with van der Waals surface area (Å²) in [6.45, 7) is 0.489. The topological polar surface area (TPSA) is 102 Å². The molecule has 0 saturated carbocycles. The number of rotatable bonds is 2. The van der Waals surface area contributed by atoms with Crippen molar-refractivity contribution in [3.63, 3.8) is 0 Å². The lowest BCUT2D eigenvalue weighted by atomic mass is 10.1. The van der Waals surface area contributed by atoms with Gasteiger partial charge in [0, 0.05) is 24.0 Å². The number of nitrogens with two attached hydrogens (primary N) is 3. The average Bonchev–Trinajstić information content (AvgIpc) is 2.20. The third-order valence-electron chi connectivity index (χ3n) is 1.54. The predicted octanol–water partition coefficient (Wildman–Crippen LogP) is 0.300. The van der Waals surface area contributed by atoms with Crippen LogP contribution in [0.3, 0.4) is 0 Å². The first-order valence-electron chi connectivity index (χ1n) is 3.94. The van der Waals surface area contributed by atoms with Crippen LogP contribution in [-0.2, 0) is 6.54 Å². The van der Waals surface area contributed by atoms with Crippen LogP contribution < -0.4 is 17.2 Å². The molecule has 72 valence electrons. The van der Waals surface area contributed by atoms with Gasteiger partial charge in [0.2, 0.25) is 0 Å². The van der Waals surface area contributed by atoms with E-state index in [4.69, 9.17) is 16.9 Å². The van der Waals surface area contributed by atoms with Crippen molar-refractivity contribution in [2.24, 2.45) is 11.5 Å². The molecule has 0 aliphatic carbocycles. The maximum Gasteiger partial charge on any atom is 0.0406 e. The van der Waals surface area contributed by atoms with Gasteiger partial charge in [0.15, 0.2) is 0 Å². The zero-order valence-corrected chi connectivity index (χ0v) is 7.75. The minimum Gasteiger partial charge on any atom is -0.398 e. The summed E-state index contributed by atoms with van der Waals surface area (Å²) in [4.78, 5) is 0. The van der Waals surface area contributed by atoms with Gasteiger partial charge in [-0.2, -0.15) is 0 Å². The molecule has 13 heavy (non-hydrogen) atoms. The first-order valence-corrected chi connectivity index (χ1v) is 3.94. The molecule has 0 saturated heterocycles. The predicted molar refractivity (Wildman–Crippen MR) is 56.7 cm³/mol. The van der Waals surface area contributed by atoms with E-state index in [1.807, 2.05) is 6.07 Å². The monoisotopic (exact) mass is 180 g/mol. The number of nitrogen functional groups attached to an aromatic ring is 1. The molecular formula is C9H16N4. The Hall–Kier alpha value is -1.39. The highest BCUT2D eigenvalue weighted by atomic mass is 14.6. The lowest BCUT2D eigenvalue weighted by Crippen LogP contribution is -1.99. The summed E-state index contributed by atoms with van der Waals surface area (Å²) in [5.41, 5.74) is 17.8. The Bertz CT molecular complexity index is 270. The number of nitrogens with one attached hydrogen (secondary N) is 1. The molecule has 0 fully saturated rings. The van der Waals surface area contributed by atoms with Crippen LogP contribution in [0.5, 0.6) is 0 Å². The molecule has 4 heteroatoms. The second-order valence-corrected chi connectivity index (χ2v) is 2.31. The van der Waals surface area contributed by atoms with E-state index < -0.39 is 0 Å². The fourth-order valence-corrected chi connectivity index (χ4v) is 0.883. The zero-order chi connectivity index (χ0) is 10.3. The summed E-state index contributed by atoms with van der Waals surface area (Å²) in [5, 5.41) is 6.98. The smallest absolute Gasteiger partial charge is 0.0406 e. The van der Waals surface area contributed by atoms with Crippen LogP contribution in [0, 0.1) is 5.41 Å². The standard InChI is InChI=1S/C8H11N3.CH5N/c9-4-6-1-2-7(5-10)8(11)3-6;1-2/h1-3,5,10H,4,9,11H2;2H2,1H3. The van der Waals surface area contributed by atoms with Crippen molar-refractivity contribution in [3.05, 3.63) is 29.3 Å². The molecule has 0 spiro atoms. The van der Waals surface area contributed by atoms with Crippen LogP contribution in [0.1, 0.15) is 11.1 Å². The van der Waals surface area contributed by atoms with Gasteiger partial charge in [0.25, 0.3) is 0 Å². The molecule has 0 atom stereocenters. The molecule has 0 unspecified atom stereocenters. The maximum absolute atomic E-state index is 6.98. The Balaban J connectivity index is 0.000000671. The van der Waals surface area contributed by atoms with Crippen molar-refractivity contribution >= 4 is 11.9 Å². The van der Waals surface area contributed by atoms with Gasteiger partial charge in [-0.05, 0) is 18.7 Å². The maximum atomic E-state index is 6.98. The molecule has 4 nitrogen and oxygen atoms in total. The lowest BCUT2D eigenvalue weighted by Gasteiger charge is -2.01. The summed E-state index contributed by atoms with van der Waals surface area (Å²) in [5.74, 6) is 0. The summed E-state index contributed by atoms with van der Waals surface area (Å²) < 4.78 is 0. The van der Waals surface area contributed by atoms with Gasteiger partial charge in [-0.15, -0.1) is 0 Å². The number of benzene rings is 1. The second-order valence-electron chi connectivity index (χ2n) is 2.31. The quantitative estimate of drug-likeness (QED) is 0.389. The third-order valence-corrected chi connectivity index (χ3v) is 1.54. The van der Waals surface area contributed by atoms with Gasteiger partial charge in [-0.25, -0.2) is 0 Å². The van der Waals surface area contributed by atoms with E-state index in [0.29, 0.717) is 12.2 Å². The molecule has 0 heterocycles. The fourth-order valence-electron chi connectivity index (χ4n) is 0.883. The first kappa shape index (κ1) is 11.6. The number of anilines is 1. The molecule has 7 N–H and O–H groups in total. The van der Waals surface area contributed by atoms with Gasteiger partial charge >= 0.3 is 0 Å². The molecule has 1 aromatic rings. The Labute approximate surface area is 78.2 Å². The van der Waals surface area contributed by atoms with Crippen molar-refractivity contribution < 1.29 is 0 Å². The van der Waals surface area contributed by atoms with Crippen LogP contribution in [-0.4, -0.2) is 13.3 Å². The van der Waals surface area contributed by atoms with Crippen molar-refractivity contribution in [2.75, 3.05) is 12.8 Å². The normalized spacial score (nSPS) is 8.54. The Morgan fingerprint density at radius 3 is 2.38 bits per heavy atom. The van der Waals surface area contributed by atoms with E-state index in [2.05, 4.69) is 5.73 Å². The van der Waals surface area contributed by atoms with Gasteiger partial charge < -0.3 is 22.6 Å². The summed E-state index contributed by atoms with van der Waals surface area (Å²) in [6.07, 6.45) is 1.23. The largest absolute Gasteiger partial charge is 0.398 e. The number of hydrogen-bond acceptors (Lipinski definition) is 4. The molecule has 0 aromatic heterocycles. The number of hydrogen-bond donors (Lipinski definition) is 4. The molecular weight excluding hydrogens is 164 g/mol. The summed E-state index contributed by atoms with van der Waals surface area (Å²) >= 11 is 0. The average molecular weight is 180 g/mol. The Morgan fingerprint density at radius 1 is 1.38 bits per heavy atom. The summed E-state index contributed by atoms with van der Waals surface area (Å²) in [7, 11) is 1.50. The van der Waals surface area contributed by atoms with Crippen LogP contribution in [0.2, 0.25) is 0 Å². The van der Waals surface area contributed by atoms with Crippen LogP contribution in [0.15, 0.2) is 18.2 Å². The van der Waals surface area contributed by atoms with E-state index >= 15 is 0 Å². The van der Waals surface area contributed by atoms with E-state index in [0.717, 1.165) is 11.1 Å². The first-order chi connectivity index (χ1) is 6.27. The van der Waals surface area contributed by atoms with Crippen molar-refractivity contribution in [1.29, 1.82) is 5.41 Å². The van der Waals surface area contributed by atoms with Gasteiger partial charge in [0.05, 0.1) is 0 Å². The highest BCUT2D eigenvalue weighted by Gasteiger charge is 1.95. The molecule has 1 aromatic carbocycles. The second kappa shape index (κ2) is 6.16. The van der Waals surface area contributed by atoms with Crippen molar-refractivity contribution in [1.82, 2.24) is 0 Å². The highest BCUT2D eigenvalue weighted by Crippen LogP contribution is 2.11. The van der Waals surface area contributed by atoms with Gasteiger partial charge in [-0.1, -0.05) is 12.1 Å². The fraction of sp³-hybridized carbons (Fsp3) is 0.222. The van der Waals surface area contributed by atoms with Gasteiger partial charge in [0.1, 0.15) is 0 Å². The lowest BCUT2D eigenvalue weighted by molar-refractivity contribution is 1.07. The van der Waals surface area contributed by atoms with Gasteiger partial charge in [-0.3, -0.25) is 0 Å². The SMILES string of the molecule is CN.N=Cc1ccc(CN)cc1N. The van der Waals surface area contributed by atoms with Crippen molar-refractivity contribution in [2.45, 2.75) is 6.54 Å².